The van der Waals surface area contributed by atoms with Crippen LogP contribution in [0.5, 0.6) is 0 Å². The van der Waals surface area contributed by atoms with Crippen LogP contribution >= 0.6 is 0 Å². The van der Waals surface area contributed by atoms with Crippen molar-refractivity contribution in [2.24, 2.45) is 0 Å². The minimum Gasteiger partial charge on any atom is -0.0878 e. The van der Waals surface area contributed by atoms with Gasteiger partial charge in [-0.15, -0.1) is 0 Å². The summed E-state index contributed by atoms with van der Waals surface area (Å²) in [7, 11) is 2.32. The van der Waals surface area contributed by atoms with Gasteiger partial charge in [0.25, 0.3) is 0 Å². The highest BCUT2D eigenvalue weighted by Crippen LogP contribution is 2.11. The van der Waals surface area contributed by atoms with Crippen molar-refractivity contribution in [2.45, 2.75) is 32.5 Å². The third-order valence-corrected chi connectivity index (χ3v) is 3.26. The van der Waals surface area contributed by atoms with Gasteiger partial charge in [0.1, 0.15) is 0 Å². The van der Waals surface area contributed by atoms with Gasteiger partial charge in [-0.2, -0.15) is 0 Å². The molecule has 0 saturated heterocycles. The monoisotopic (exact) mass is 235 g/mol. The van der Waals surface area contributed by atoms with Crippen molar-refractivity contribution in [2.75, 3.05) is 0 Å². The fourth-order valence-electron chi connectivity index (χ4n) is 2.07. The minimum absolute atomic E-state index is 0.614. The van der Waals surface area contributed by atoms with E-state index in [0.717, 1.165) is 12.7 Å². The molecule has 2 rings (SSSR count). The maximum absolute atomic E-state index is 2.32. The molecule has 0 aliphatic heterocycles. The predicted molar refractivity (Wildman–Crippen MR) is 80.9 cm³/mol. The molecular formula is C17H20B. The van der Waals surface area contributed by atoms with Crippen LogP contribution in [-0.4, -0.2) is 7.28 Å². The van der Waals surface area contributed by atoms with Gasteiger partial charge in [-0.1, -0.05) is 80.2 Å². The Hall–Kier alpha value is -1.50. The van der Waals surface area contributed by atoms with Crippen LogP contribution in [0.1, 0.15) is 30.9 Å². The van der Waals surface area contributed by atoms with E-state index in [1.807, 2.05) is 0 Å². The molecule has 1 radical (unpaired) electrons. The quantitative estimate of drug-likeness (QED) is 0.691. The molecule has 0 unspecified atom stereocenters. The molecule has 0 N–H and O–H groups in total. The van der Waals surface area contributed by atoms with Gasteiger partial charge in [-0.3, -0.25) is 0 Å². The molecule has 0 amide bonds. The zero-order valence-corrected chi connectivity index (χ0v) is 11.3. The summed E-state index contributed by atoms with van der Waals surface area (Å²) < 4.78 is 0. The zero-order valence-electron chi connectivity index (χ0n) is 11.3. The molecule has 91 valence electrons. The van der Waals surface area contributed by atoms with Crippen LogP contribution in [0.2, 0.25) is 6.32 Å². The molecule has 1 heteroatoms. The van der Waals surface area contributed by atoms with Gasteiger partial charge in [0.05, 0.1) is 0 Å². The van der Waals surface area contributed by atoms with E-state index in [1.165, 1.54) is 16.6 Å². The Bertz CT molecular complexity index is 457. The summed E-state index contributed by atoms with van der Waals surface area (Å²) in [6, 6.07) is 19.6. The van der Waals surface area contributed by atoms with E-state index in [9.17, 15) is 0 Å². The molecule has 0 aliphatic carbocycles. The standard InChI is InChI=1S/C17H20B/c1-14(2)16-8-10-17(11-9-16)18-13-12-15-6-4-3-5-7-15/h3-11,14H,12-13H2,1-2H3. The van der Waals surface area contributed by atoms with Gasteiger partial charge in [-0.25, -0.2) is 0 Å². The SMILES string of the molecule is CC(C)c1ccc([B]CCc2ccccc2)cc1. The topological polar surface area (TPSA) is 0 Å². The van der Waals surface area contributed by atoms with Crippen molar-refractivity contribution >= 4 is 12.7 Å². The van der Waals surface area contributed by atoms with E-state index in [-0.39, 0.29) is 0 Å². The van der Waals surface area contributed by atoms with Crippen LogP contribution in [0.3, 0.4) is 0 Å². The minimum atomic E-state index is 0.614. The van der Waals surface area contributed by atoms with Crippen LogP contribution in [0.15, 0.2) is 54.6 Å². The van der Waals surface area contributed by atoms with E-state index in [0.29, 0.717) is 5.92 Å². The van der Waals surface area contributed by atoms with Gasteiger partial charge in [0.15, 0.2) is 7.28 Å². The number of rotatable bonds is 5. The molecule has 0 nitrogen and oxygen atoms in total. The highest BCUT2D eigenvalue weighted by molar-refractivity contribution is 6.53. The molecule has 0 heterocycles. The van der Waals surface area contributed by atoms with Gasteiger partial charge in [-0.05, 0) is 23.5 Å². The smallest absolute Gasteiger partial charge is 0.0878 e. The fraction of sp³-hybridized carbons (Fsp3) is 0.294. The van der Waals surface area contributed by atoms with Crippen molar-refractivity contribution in [3.63, 3.8) is 0 Å². The zero-order chi connectivity index (χ0) is 12.8. The second-order valence-corrected chi connectivity index (χ2v) is 5.05. The Morgan fingerprint density at radius 1 is 0.889 bits per heavy atom. The summed E-state index contributed by atoms with van der Waals surface area (Å²) in [5, 5.41) is 0. The van der Waals surface area contributed by atoms with E-state index in [1.54, 1.807) is 0 Å². The maximum Gasteiger partial charge on any atom is 0.151 e. The average molecular weight is 235 g/mol. The van der Waals surface area contributed by atoms with Gasteiger partial charge < -0.3 is 0 Å². The average Bonchev–Trinajstić information content (AvgIpc) is 2.40. The van der Waals surface area contributed by atoms with Crippen molar-refractivity contribution < 1.29 is 0 Å². The molecule has 0 fully saturated rings. The van der Waals surface area contributed by atoms with Gasteiger partial charge >= 0.3 is 0 Å². The van der Waals surface area contributed by atoms with Crippen LogP contribution in [0, 0.1) is 0 Å². The molecule has 0 aromatic heterocycles. The van der Waals surface area contributed by atoms with Crippen LogP contribution < -0.4 is 5.46 Å². The summed E-state index contributed by atoms with van der Waals surface area (Å²) in [5.74, 6) is 0.614. The second kappa shape index (κ2) is 6.44. The number of benzene rings is 2. The Balaban J connectivity index is 1.83. The van der Waals surface area contributed by atoms with Gasteiger partial charge in [0, 0.05) is 0 Å². The maximum atomic E-state index is 2.32. The third-order valence-electron chi connectivity index (χ3n) is 3.26. The highest BCUT2D eigenvalue weighted by atomic mass is 14.0. The first-order chi connectivity index (χ1) is 8.75. The summed E-state index contributed by atoms with van der Waals surface area (Å²) in [6.45, 7) is 4.46. The lowest BCUT2D eigenvalue weighted by Crippen LogP contribution is -2.14. The van der Waals surface area contributed by atoms with Crippen molar-refractivity contribution in [1.82, 2.24) is 0 Å². The Morgan fingerprint density at radius 2 is 1.56 bits per heavy atom. The third kappa shape index (κ3) is 3.77. The first kappa shape index (κ1) is 12.9. The van der Waals surface area contributed by atoms with Crippen molar-refractivity contribution in [3.05, 3.63) is 65.7 Å². The molecule has 2 aromatic carbocycles. The summed E-state index contributed by atoms with van der Waals surface area (Å²) in [6.07, 6.45) is 2.22. The molecule has 18 heavy (non-hydrogen) atoms. The van der Waals surface area contributed by atoms with Crippen LogP contribution in [-0.2, 0) is 6.42 Å². The summed E-state index contributed by atoms with van der Waals surface area (Å²) >= 11 is 0. The fourth-order valence-corrected chi connectivity index (χ4v) is 2.07. The Morgan fingerprint density at radius 3 is 2.17 bits per heavy atom. The first-order valence-corrected chi connectivity index (χ1v) is 6.73. The molecule has 0 saturated carbocycles. The van der Waals surface area contributed by atoms with Crippen molar-refractivity contribution in [3.8, 4) is 0 Å². The number of hydrogen-bond acceptors (Lipinski definition) is 0. The van der Waals surface area contributed by atoms with Crippen LogP contribution in [0.25, 0.3) is 0 Å². The predicted octanol–water partition coefficient (Wildman–Crippen LogP) is 3.80. The second-order valence-electron chi connectivity index (χ2n) is 5.05. The molecule has 0 aliphatic rings. The molecule has 2 aromatic rings. The van der Waals surface area contributed by atoms with E-state index in [4.69, 9.17) is 0 Å². The molecule has 0 spiro atoms. The van der Waals surface area contributed by atoms with Crippen molar-refractivity contribution in [1.29, 1.82) is 0 Å². The Kier molecular flexibility index (Phi) is 4.63. The summed E-state index contributed by atoms with van der Waals surface area (Å²) in [5.41, 5.74) is 4.15. The lowest BCUT2D eigenvalue weighted by molar-refractivity contribution is 0.867. The largest absolute Gasteiger partial charge is 0.151 e. The molecule has 0 bridgehead atoms. The highest BCUT2D eigenvalue weighted by Gasteiger charge is 2.00. The normalized spacial score (nSPS) is 10.6. The van der Waals surface area contributed by atoms with Crippen LogP contribution in [0.4, 0.5) is 0 Å². The lowest BCUT2D eigenvalue weighted by atomic mass is 9.65. The Labute approximate surface area is 111 Å². The van der Waals surface area contributed by atoms with Gasteiger partial charge in [0.2, 0.25) is 0 Å². The molecular weight excluding hydrogens is 215 g/mol. The van der Waals surface area contributed by atoms with E-state index < -0.39 is 0 Å². The first-order valence-electron chi connectivity index (χ1n) is 6.73. The molecule has 0 atom stereocenters. The summed E-state index contributed by atoms with van der Waals surface area (Å²) in [4.78, 5) is 0. The van der Waals surface area contributed by atoms with E-state index >= 15 is 0 Å². The lowest BCUT2D eigenvalue weighted by Gasteiger charge is -2.06. The number of hydrogen-bond donors (Lipinski definition) is 0. The van der Waals surface area contributed by atoms with E-state index in [2.05, 4.69) is 75.7 Å². The number of aryl methyl sites for hydroxylation is 1.